The van der Waals surface area contributed by atoms with Gasteiger partial charge in [0.15, 0.2) is 0 Å². The average molecular weight is 502 g/mol. The number of aromatic nitrogens is 6. The number of hydrogen-bond acceptors (Lipinski definition) is 9. The minimum absolute atomic E-state index is 0.00589. The first-order valence-corrected chi connectivity index (χ1v) is 12.5. The van der Waals surface area contributed by atoms with Gasteiger partial charge in [0.25, 0.3) is 10.0 Å². The van der Waals surface area contributed by atoms with Gasteiger partial charge in [-0.15, -0.1) is 0 Å². The number of hydrogen-bond donors (Lipinski definition) is 2. The van der Waals surface area contributed by atoms with E-state index in [0.29, 0.717) is 17.5 Å². The normalized spacial score (nSPS) is 11.4. The van der Waals surface area contributed by atoms with Crippen LogP contribution in [0.1, 0.15) is 5.69 Å². The van der Waals surface area contributed by atoms with Gasteiger partial charge in [0.05, 0.1) is 10.4 Å². The molecule has 0 radical (unpaired) electrons. The first-order valence-electron chi connectivity index (χ1n) is 11.0. The Morgan fingerprint density at radius 1 is 0.917 bits per heavy atom. The number of rotatable bonds is 7. The van der Waals surface area contributed by atoms with Crippen LogP contribution in [0.25, 0.3) is 10.9 Å². The van der Waals surface area contributed by atoms with Crippen LogP contribution < -0.4 is 14.9 Å². The molecule has 0 unspecified atom stereocenters. The molecule has 0 bridgehead atoms. The van der Waals surface area contributed by atoms with Gasteiger partial charge in [-0.3, -0.25) is 4.68 Å². The summed E-state index contributed by atoms with van der Waals surface area (Å²) in [6.07, 6.45) is 4.58. The molecule has 2 N–H and O–H groups in total. The summed E-state index contributed by atoms with van der Waals surface area (Å²) >= 11 is 0. The van der Waals surface area contributed by atoms with Crippen molar-refractivity contribution in [3.8, 4) is 0 Å². The highest BCUT2D eigenvalue weighted by Gasteiger charge is 2.16. The number of anilines is 5. The molecule has 0 saturated heterocycles. The van der Waals surface area contributed by atoms with E-state index in [-0.39, 0.29) is 10.8 Å². The lowest BCUT2D eigenvalue weighted by Crippen LogP contribution is -2.14. The summed E-state index contributed by atoms with van der Waals surface area (Å²) in [4.78, 5) is 18.7. The van der Waals surface area contributed by atoms with Gasteiger partial charge in [-0.25, -0.2) is 28.1 Å². The summed E-state index contributed by atoms with van der Waals surface area (Å²) < 4.78 is 29.4. The van der Waals surface area contributed by atoms with E-state index >= 15 is 0 Å². The number of nitrogens with zero attached hydrogens (tertiary/aromatic N) is 7. The third kappa shape index (κ3) is 4.66. The minimum Gasteiger partial charge on any atom is -0.329 e. The molecule has 3 aromatic heterocycles. The first-order chi connectivity index (χ1) is 17.3. The smallest absolute Gasteiger partial charge is 0.264 e. The molecular weight excluding hydrogens is 478 g/mol. The van der Waals surface area contributed by atoms with E-state index < -0.39 is 10.0 Å². The zero-order valence-electron chi connectivity index (χ0n) is 19.8. The van der Waals surface area contributed by atoms with E-state index in [4.69, 9.17) is 0 Å². The SMILES string of the molecule is Cc1c2ccc(N(C)c3ccnc(Nc4ccc(S(=O)(=O)Nc5ncccn5)cc4)n3)cc2nn1C. The van der Waals surface area contributed by atoms with Crippen molar-refractivity contribution in [2.75, 3.05) is 22.0 Å². The zero-order chi connectivity index (χ0) is 25.3. The molecule has 0 spiro atoms. The molecule has 36 heavy (non-hydrogen) atoms. The van der Waals surface area contributed by atoms with Crippen LogP contribution in [0.2, 0.25) is 0 Å². The van der Waals surface area contributed by atoms with E-state index in [1.807, 2.05) is 48.8 Å². The number of sulfonamides is 1. The lowest BCUT2D eigenvalue weighted by atomic mass is 10.2. The molecule has 0 aliphatic carbocycles. The molecule has 0 fully saturated rings. The topological polar surface area (TPSA) is 131 Å². The van der Waals surface area contributed by atoms with Crippen molar-refractivity contribution in [3.63, 3.8) is 0 Å². The van der Waals surface area contributed by atoms with Crippen molar-refractivity contribution >= 4 is 50.0 Å². The molecule has 0 aliphatic heterocycles. The van der Waals surface area contributed by atoms with Crippen LogP contribution in [0.5, 0.6) is 0 Å². The van der Waals surface area contributed by atoms with Gasteiger partial charge in [-0.1, -0.05) is 0 Å². The molecule has 0 atom stereocenters. The zero-order valence-corrected chi connectivity index (χ0v) is 20.6. The Morgan fingerprint density at radius 2 is 1.64 bits per heavy atom. The van der Waals surface area contributed by atoms with Gasteiger partial charge in [0, 0.05) is 55.1 Å². The standard InChI is InChI=1S/C24H23N9O2S/c1-16-20-10-7-18(15-21(20)30-33(16)3)32(2)22-11-14-27-24(29-22)28-17-5-8-19(9-6-17)36(34,35)31-23-25-12-4-13-26-23/h4-15H,1-3H3,(H,25,26,31)(H,27,28,29). The maximum absolute atomic E-state index is 12.6. The average Bonchev–Trinajstić information content (AvgIpc) is 3.17. The molecule has 0 saturated carbocycles. The van der Waals surface area contributed by atoms with Crippen LogP contribution >= 0.6 is 0 Å². The Bertz CT molecular complexity index is 1640. The highest BCUT2D eigenvalue weighted by molar-refractivity contribution is 7.92. The monoisotopic (exact) mass is 501 g/mol. The maximum Gasteiger partial charge on any atom is 0.264 e. The fraction of sp³-hybridized carbons (Fsp3) is 0.125. The largest absolute Gasteiger partial charge is 0.329 e. The molecule has 2 aromatic carbocycles. The molecule has 3 heterocycles. The van der Waals surface area contributed by atoms with E-state index in [0.717, 1.165) is 22.3 Å². The molecule has 0 amide bonds. The van der Waals surface area contributed by atoms with Crippen molar-refractivity contribution in [3.05, 3.63) is 78.9 Å². The van der Waals surface area contributed by atoms with Crippen LogP contribution in [0.15, 0.2) is 78.1 Å². The Kier molecular flexibility index (Phi) is 5.94. The fourth-order valence-electron chi connectivity index (χ4n) is 3.63. The Labute approximate surface area is 207 Å². The van der Waals surface area contributed by atoms with E-state index in [9.17, 15) is 8.42 Å². The van der Waals surface area contributed by atoms with Crippen LogP contribution in [0.3, 0.4) is 0 Å². The second-order valence-electron chi connectivity index (χ2n) is 8.04. The van der Waals surface area contributed by atoms with Gasteiger partial charge in [0.1, 0.15) is 5.82 Å². The minimum atomic E-state index is -3.82. The predicted molar refractivity (Wildman–Crippen MR) is 138 cm³/mol. The van der Waals surface area contributed by atoms with Crippen molar-refractivity contribution in [2.24, 2.45) is 7.05 Å². The molecule has 5 rings (SSSR count). The summed E-state index contributed by atoms with van der Waals surface area (Å²) in [7, 11) is 0.0348. The van der Waals surface area contributed by atoms with Gasteiger partial charge >= 0.3 is 0 Å². The van der Waals surface area contributed by atoms with E-state index in [1.54, 1.807) is 24.4 Å². The molecule has 5 aromatic rings. The van der Waals surface area contributed by atoms with E-state index in [2.05, 4.69) is 41.1 Å². The number of fused-ring (bicyclic) bond motifs is 1. The Morgan fingerprint density at radius 3 is 2.39 bits per heavy atom. The number of benzene rings is 2. The summed E-state index contributed by atoms with van der Waals surface area (Å²) in [6.45, 7) is 2.04. The summed E-state index contributed by atoms with van der Waals surface area (Å²) in [6, 6.07) is 15.7. The number of nitrogens with one attached hydrogen (secondary N) is 2. The lowest BCUT2D eigenvalue weighted by molar-refractivity contribution is 0.601. The van der Waals surface area contributed by atoms with Gasteiger partial charge < -0.3 is 10.2 Å². The summed E-state index contributed by atoms with van der Waals surface area (Å²) in [5.41, 5.74) is 3.59. The molecule has 182 valence electrons. The molecular formula is C24H23N9O2S. The lowest BCUT2D eigenvalue weighted by Gasteiger charge is -2.19. The fourth-order valence-corrected chi connectivity index (χ4v) is 4.59. The Balaban J connectivity index is 1.32. The van der Waals surface area contributed by atoms with Gasteiger partial charge in [-0.2, -0.15) is 10.1 Å². The molecule has 12 heteroatoms. The molecule has 11 nitrogen and oxygen atoms in total. The van der Waals surface area contributed by atoms with Crippen molar-refractivity contribution < 1.29 is 8.42 Å². The third-order valence-corrected chi connectivity index (χ3v) is 7.04. The van der Waals surface area contributed by atoms with Gasteiger partial charge in [-0.05, 0) is 61.5 Å². The number of aryl methyl sites for hydroxylation is 2. The third-order valence-electron chi connectivity index (χ3n) is 5.70. The van der Waals surface area contributed by atoms with Crippen molar-refractivity contribution in [1.29, 1.82) is 0 Å². The van der Waals surface area contributed by atoms with Crippen LogP contribution in [-0.4, -0.2) is 45.2 Å². The predicted octanol–water partition coefficient (Wildman–Crippen LogP) is 3.77. The second-order valence-corrected chi connectivity index (χ2v) is 9.72. The van der Waals surface area contributed by atoms with Crippen LogP contribution in [-0.2, 0) is 17.1 Å². The van der Waals surface area contributed by atoms with Crippen LogP contribution in [0.4, 0.5) is 29.1 Å². The Hall–Kier alpha value is -4.58. The first kappa shape index (κ1) is 23.2. The highest BCUT2D eigenvalue weighted by Crippen LogP contribution is 2.27. The van der Waals surface area contributed by atoms with Crippen LogP contribution in [0, 0.1) is 6.92 Å². The van der Waals surface area contributed by atoms with Crippen molar-refractivity contribution in [2.45, 2.75) is 11.8 Å². The highest BCUT2D eigenvalue weighted by atomic mass is 32.2. The maximum atomic E-state index is 12.6. The van der Waals surface area contributed by atoms with Gasteiger partial charge in [0.2, 0.25) is 11.9 Å². The molecule has 0 aliphatic rings. The quantitative estimate of drug-likeness (QED) is 0.342. The summed E-state index contributed by atoms with van der Waals surface area (Å²) in [5, 5.41) is 8.78. The second kappa shape index (κ2) is 9.23. The van der Waals surface area contributed by atoms with Crippen molar-refractivity contribution in [1.82, 2.24) is 29.7 Å². The summed E-state index contributed by atoms with van der Waals surface area (Å²) in [5.74, 6) is 1.07. The van der Waals surface area contributed by atoms with E-state index in [1.165, 1.54) is 24.5 Å².